The molecule has 3 aromatic carbocycles. The molecule has 0 bridgehead atoms. The number of anilines is 1. The molecule has 0 saturated heterocycles. The third-order valence-electron chi connectivity index (χ3n) is 5.19. The van der Waals surface area contributed by atoms with E-state index in [1.54, 1.807) is 48.1 Å². The SMILES string of the molecule is COc1ccc(NC(=O)CSc2nnc(CNC(=O)COc3ccc(Cl)cc3Cl)n2-c2ccc(Br)cc2)cc1. The van der Waals surface area contributed by atoms with E-state index in [0.29, 0.717) is 38.2 Å². The maximum atomic E-state index is 12.6. The molecule has 1 heterocycles. The number of methoxy groups -OCH3 is 1. The molecule has 4 rings (SSSR count). The third kappa shape index (κ3) is 8.12. The number of ether oxygens (including phenoxy) is 2. The molecule has 2 N–H and O–H groups in total. The third-order valence-corrected chi connectivity index (χ3v) is 7.18. The quantitative estimate of drug-likeness (QED) is 0.198. The van der Waals surface area contributed by atoms with Crippen molar-refractivity contribution in [1.29, 1.82) is 0 Å². The summed E-state index contributed by atoms with van der Waals surface area (Å²) in [5, 5.41) is 15.4. The number of aromatic nitrogens is 3. The molecule has 0 radical (unpaired) electrons. The first-order chi connectivity index (χ1) is 18.8. The van der Waals surface area contributed by atoms with E-state index in [0.717, 1.165) is 10.2 Å². The number of nitrogens with one attached hydrogen (secondary N) is 2. The van der Waals surface area contributed by atoms with Gasteiger partial charge < -0.3 is 20.1 Å². The van der Waals surface area contributed by atoms with Gasteiger partial charge in [0, 0.05) is 20.9 Å². The molecule has 39 heavy (non-hydrogen) atoms. The number of thioether (sulfide) groups is 1. The highest BCUT2D eigenvalue weighted by Crippen LogP contribution is 2.27. The molecule has 4 aromatic rings. The van der Waals surface area contributed by atoms with Crippen LogP contribution in [0.4, 0.5) is 5.69 Å². The summed E-state index contributed by atoms with van der Waals surface area (Å²) in [6.45, 7) is -0.168. The zero-order valence-electron chi connectivity index (χ0n) is 20.5. The molecule has 0 aliphatic rings. The van der Waals surface area contributed by atoms with E-state index in [-0.39, 0.29) is 30.7 Å². The van der Waals surface area contributed by atoms with Gasteiger partial charge in [0.05, 0.1) is 24.4 Å². The molecule has 0 spiro atoms. The minimum Gasteiger partial charge on any atom is -0.497 e. The van der Waals surface area contributed by atoms with Gasteiger partial charge in [-0.05, 0) is 66.7 Å². The normalized spacial score (nSPS) is 10.7. The van der Waals surface area contributed by atoms with Crippen molar-refractivity contribution in [3.8, 4) is 17.2 Å². The average Bonchev–Trinajstić information content (AvgIpc) is 3.34. The van der Waals surface area contributed by atoms with Crippen LogP contribution >= 0.6 is 50.9 Å². The summed E-state index contributed by atoms with van der Waals surface area (Å²) < 4.78 is 13.3. The van der Waals surface area contributed by atoms with Crippen LogP contribution in [0, 0.1) is 0 Å². The summed E-state index contributed by atoms with van der Waals surface area (Å²) in [5.41, 5.74) is 1.43. The van der Waals surface area contributed by atoms with Crippen LogP contribution in [0.5, 0.6) is 11.5 Å². The Balaban J connectivity index is 1.41. The highest BCUT2D eigenvalue weighted by molar-refractivity contribution is 9.10. The van der Waals surface area contributed by atoms with Crippen molar-refractivity contribution in [2.24, 2.45) is 0 Å². The Morgan fingerprint density at radius 1 is 1.00 bits per heavy atom. The lowest BCUT2D eigenvalue weighted by atomic mass is 10.3. The fourth-order valence-electron chi connectivity index (χ4n) is 3.32. The Labute approximate surface area is 247 Å². The molecule has 0 unspecified atom stereocenters. The monoisotopic (exact) mass is 649 g/mol. The minimum atomic E-state index is -0.376. The van der Waals surface area contributed by atoms with Crippen LogP contribution in [0.2, 0.25) is 10.0 Å². The standard InChI is InChI=1S/C26H22BrCl2N5O4S/c1-37-20-9-5-18(6-10-20)31-25(36)15-39-26-33-32-23(34(26)19-7-2-16(27)3-8-19)13-30-24(35)14-38-22-11-4-17(28)12-21(22)29/h2-12H,13-15H2,1H3,(H,30,35)(H,31,36). The van der Waals surface area contributed by atoms with Crippen molar-refractivity contribution in [1.82, 2.24) is 20.1 Å². The summed E-state index contributed by atoms with van der Waals surface area (Å²) >= 11 is 16.7. The molecule has 13 heteroatoms. The highest BCUT2D eigenvalue weighted by atomic mass is 79.9. The van der Waals surface area contributed by atoms with Gasteiger partial charge in [-0.25, -0.2) is 0 Å². The zero-order chi connectivity index (χ0) is 27.8. The van der Waals surface area contributed by atoms with Crippen molar-refractivity contribution < 1.29 is 19.1 Å². The molecule has 0 aliphatic heterocycles. The first-order valence-corrected chi connectivity index (χ1v) is 14.0. The van der Waals surface area contributed by atoms with Gasteiger partial charge in [-0.15, -0.1) is 10.2 Å². The Morgan fingerprint density at radius 2 is 1.74 bits per heavy atom. The molecular formula is C26H22BrCl2N5O4S. The van der Waals surface area contributed by atoms with Crippen molar-refractivity contribution in [3.63, 3.8) is 0 Å². The molecule has 9 nitrogen and oxygen atoms in total. The molecule has 0 aliphatic carbocycles. The lowest BCUT2D eigenvalue weighted by Gasteiger charge is -2.12. The topological polar surface area (TPSA) is 107 Å². The molecular weight excluding hydrogens is 629 g/mol. The highest BCUT2D eigenvalue weighted by Gasteiger charge is 2.17. The van der Waals surface area contributed by atoms with E-state index < -0.39 is 0 Å². The van der Waals surface area contributed by atoms with Crippen LogP contribution in [0.25, 0.3) is 5.69 Å². The van der Waals surface area contributed by atoms with Crippen LogP contribution in [-0.2, 0) is 16.1 Å². The first-order valence-electron chi connectivity index (χ1n) is 11.4. The van der Waals surface area contributed by atoms with Crippen molar-refractivity contribution in [2.75, 3.05) is 24.8 Å². The Kier molecular flexibility index (Phi) is 10.1. The van der Waals surface area contributed by atoms with Gasteiger partial charge in [0.15, 0.2) is 17.6 Å². The van der Waals surface area contributed by atoms with E-state index >= 15 is 0 Å². The molecule has 0 fully saturated rings. The molecule has 1 aromatic heterocycles. The maximum Gasteiger partial charge on any atom is 0.258 e. The van der Waals surface area contributed by atoms with Crippen LogP contribution in [0.3, 0.4) is 0 Å². The van der Waals surface area contributed by atoms with Crippen LogP contribution < -0.4 is 20.1 Å². The molecule has 0 atom stereocenters. The van der Waals surface area contributed by atoms with Gasteiger partial charge in [0.1, 0.15) is 11.5 Å². The van der Waals surface area contributed by atoms with E-state index in [9.17, 15) is 9.59 Å². The molecule has 0 saturated carbocycles. The van der Waals surface area contributed by atoms with Crippen LogP contribution in [-0.4, -0.2) is 46.0 Å². The van der Waals surface area contributed by atoms with Crippen molar-refractivity contribution >= 4 is 68.4 Å². The summed E-state index contributed by atoms with van der Waals surface area (Å²) in [7, 11) is 1.58. The summed E-state index contributed by atoms with van der Waals surface area (Å²) in [4.78, 5) is 25.0. The second kappa shape index (κ2) is 13.7. The van der Waals surface area contributed by atoms with Crippen molar-refractivity contribution in [3.05, 3.63) is 87.1 Å². The van der Waals surface area contributed by atoms with Crippen LogP contribution in [0.15, 0.2) is 76.4 Å². The first kappa shape index (κ1) is 28.8. The second-order valence-electron chi connectivity index (χ2n) is 7.92. The van der Waals surface area contributed by atoms with E-state index in [2.05, 4.69) is 36.8 Å². The molecule has 2 amide bonds. The maximum absolute atomic E-state index is 12.6. The predicted molar refractivity (Wildman–Crippen MR) is 155 cm³/mol. The van der Waals surface area contributed by atoms with Crippen LogP contribution in [0.1, 0.15) is 5.82 Å². The Hall–Kier alpha value is -3.25. The summed E-state index contributed by atoms with van der Waals surface area (Å²) in [6, 6.07) is 19.3. The van der Waals surface area contributed by atoms with Gasteiger partial charge in [0.2, 0.25) is 5.91 Å². The summed E-state index contributed by atoms with van der Waals surface area (Å²) in [5.74, 6) is 1.05. The second-order valence-corrected chi connectivity index (χ2v) is 10.6. The van der Waals surface area contributed by atoms with Crippen molar-refractivity contribution in [2.45, 2.75) is 11.7 Å². The minimum absolute atomic E-state index is 0.0816. The van der Waals surface area contributed by atoms with Gasteiger partial charge in [-0.2, -0.15) is 0 Å². The number of amides is 2. The number of halogens is 3. The van der Waals surface area contributed by atoms with Gasteiger partial charge >= 0.3 is 0 Å². The number of carbonyl (C=O) groups excluding carboxylic acids is 2. The number of nitrogens with zero attached hydrogens (tertiary/aromatic N) is 3. The fraction of sp³-hybridized carbons (Fsp3) is 0.154. The fourth-order valence-corrected chi connectivity index (χ4v) is 4.82. The lowest BCUT2D eigenvalue weighted by molar-refractivity contribution is -0.123. The zero-order valence-corrected chi connectivity index (χ0v) is 24.4. The average molecular weight is 651 g/mol. The Bertz CT molecular complexity index is 1450. The predicted octanol–water partition coefficient (Wildman–Crippen LogP) is 5.77. The van der Waals surface area contributed by atoms with E-state index in [4.69, 9.17) is 32.7 Å². The number of rotatable bonds is 11. The number of hydrogen-bond acceptors (Lipinski definition) is 7. The number of hydrogen-bond donors (Lipinski definition) is 2. The smallest absolute Gasteiger partial charge is 0.258 e. The van der Waals surface area contributed by atoms with E-state index in [1.807, 2.05) is 24.3 Å². The Morgan fingerprint density at radius 3 is 2.44 bits per heavy atom. The van der Waals surface area contributed by atoms with Gasteiger partial charge in [-0.1, -0.05) is 50.9 Å². The lowest BCUT2D eigenvalue weighted by Crippen LogP contribution is -2.29. The van der Waals surface area contributed by atoms with Gasteiger partial charge in [0.25, 0.3) is 5.91 Å². The molecule has 202 valence electrons. The number of carbonyl (C=O) groups is 2. The van der Waals surface area contributed by atoms with E-state index in [1.165, 1.54) is 17.8 Å². The number of benzene rings is 3. The largest absolute Gasteiger partial charge is 0.497 e. The van der Waals surface area contributed by atoms with Gasteiger partial charge in [-0.3, -0.25) is 14.2 Å². The summed E-state index contributed by atoms with van der Waals surface area (Å²) in [6.07, 6.45) is 0.